The Labute approximate surface area is 120 Å². The summed E-state index contributed by atoms with van der Waals surface area (Å²) >= 11 is 0. The number of pyridine rings is 1. The lowest BCUT2D eigenvalue weighted by Crippen LogP contribution is -2.47. The molecule has 108 valence electrons. The number of nitrogens with zero attached hydrogens (tertiary/aromatic N) is 3. The smallest absolute Gasteiger partial charge is 0.237 e. The van der Waals surface area contributed by atoms with Crippen molar-refractivity contribution in [3.8, 4) is 0 Å². The lowest BCUT2D eigenvalue weighted by Gasteiger charge is -2.34. The first-order valence-electron chi connectivity index (χ1n) is 7.62. The molecule has 3 rings (SSSR count). The maximum absolute atomic E-state index is 12.3. The van der Waals surface area contributed by atoms with Crippen LogP contribution in [0.15, 0.2) is 12.1 Å². The monoisotopic (exact) mass is 273 g/mol. The van der Waals surface area contributed by atoms with E-state index in [0.717, 1.165) is 38.3 Å². The third-order valence-electron chi connectivity index (χ3n) is 4.32. The van der Waals surface area contributed by atoms with Gasteiger partial charge in [-0.3, -0.25) is 14.7 Å². The van der Waals surface area contributed by atoms with Crippen LogP contribution in [0.3, 0.4) is 0 Å². The van der Waals surface area contributed by atoms with Crippen LogP contribution in [0.2, 0.25) is 0 Å². The molecule has 2 aliphatic heterocycles. The van der Waals surface area contributed by atoms with Gasteiger partial charge in [-0.05, 0) is 37.1 Å². The number of fused-ring (bicyclic) bond motifs is 1. The van der Waals surface area contributed by atoms with Crippen LogP contribution in [0.25, 0.3) is 0 Å². The lowest BCUT2D eigenvalue weighted by molar-refractivity contribution is -0.134. The van der Waals surface area contributed by atoms with E-state index in [1.165, 1.54) is 17.7 Å². The van der Waals surface area contributed by atoms with E-state index in [-0.39, 0.29) is 5.91 Å². The minimum atomic E-state index is 0.267. The summed E-state index contributed by atoms with van der Waals surface area (Å²) < 4.78 is 0. The minimum absolute atomic E-state index is 0.267. The molecular formula is C16H23N3O. The second kappa shape index (κ2) is 5.52. The molecule has 0 bridgehead atoms. The summed E-state index contributed by atoms with van der Waals surface area (Å²) in [6, 6.07) is 4.26. The zero-order valence-corrected chi connectivity index (χ0v) is 12.4. The van der Waals surface area contributed by atoms with Gasteiger partial charge in [-0.2, -0.15) is 0 Å². The molecule has 2 aliphatic rings. The van der Waals surface area contributed by atoms with Gasteiger partial charge in [0.2, 0.25) is 5.91 Å². The molecule has 0 atom stereocenters. The van der Waals surface area contributed by atoms with E-state index in [2.05, 4.69) is 30.9 Å². The molecule has 1 amide bonds. The Morgan fingerprint density at radius 3 is 2.75 bits per heavy atom. The highest BCUT2D eigenvalue weighted by Gasteiger charge is 2.25. The molecule has 1 aromatic heterocycles. The van der Waals surface area contributed by atoms with Crippen molar-refractivity contribution in [2.45, 2.75) is 39.2 Å². The summed E-state index contributed by atoms with van der Waals surface area (Å²) in [6.45, 7) is 8.63. The first-order chi connectivity index (χ1) is 9.63. The Hall–Kier alpha value is -1.42. The summed E-state index contributed by atoms with van der Waals surface area (Å²) in [7, 11) is 0. The van der Waals surface area contributed by atoms with Crippen LogP contribution in [0.5, 0.6) is 0 Å². The van der Waals surface area contributed by atoms with Gasteiger partial charge in [0.05, 0.1) is 6.54 Å². The maximum atomic E-state index is 12.3. The molecule has 0 saturated carbocycles. The van der Waals surface area contributed by atoms with Crippen molar-refractivity contribution in [2.24, 2.45) is 0 Å². The number of amides is 1. The number of likely N-dealkylation sites (tertiary alicyclic amines) is 1. The van der Waals surface area contributed by atoms with Crippen molar-refractivity contribution in [1.82, 2.24) is 14.8 Å². The molecular weight excluding hydrogens is 250 g/mol. The predicted molar refractivity (Wildman–Crippen MR) is 78.5 cm³/mol. The van der Waals surface area contributed by atoms with Gasteiger partial charge in [-0.25, -0.2) is 0 Å². The van der Waals surface area contributed by atoms with Gasteiger partial charge in [-0.15, -0.1) is 0 Å². The van der Waals surface area contributed by atoms with E-state index in [1.807, 2.05) is 4.90 Å². The van der Waals surface area contributed by atoms with E-state index in [4.69, 9.17) is 4.98 Å². The Morgan fingerprint density at radius 2 is 2.10 bits per heavy atom. The summed E-state index contributed by atoms with van der Waals surface area (Å²) in [5.74, 6) is 0.731. The van der Waals surface area contributed by atoms with Gasteiger partial charge in [-0.1, -0.05) is 19.9 Å². The number of carbonyl (C=O) groups is 1. The lowest BCUT2D eigenvalue weighted by atomic mass is 10.0. The SMILES string of the molecule is CC(C)c1ccc2c(n1)CCN(C(=O)CN1CCC1)C2. The molecule has 0 radical (unpaired) electrons. The molecule has 20 heavy (non-hydrogen) atoms. The first-order valence-corrected chi connectivity index (χ1v) is 7.62. The highest BCUT2D eigenvalue weighted by molar-refractivity contribution is 5.78. The Kier molecular flexibility index (Phi) is 3.74. The fourth-order valence-electron chi connectivity index (χ4n) is 2.80. The largest absolute Gasteiger partial charge is 0.337 e. The summed E-state index contributed by atoms with van der Waals surface area (Å²) in [4.78, 5) is 21.2. The second-order valence-corrected chi connectivity index (χ2v) is 6.19. The highest BCUT2D eigenvalue weighted by atomic mass is 16.2. The normalized spacial score (nSPS) is 18.9. The third-order valence-corrected chi connectivity index (χ3v) is 4.32. The molecule has 0 N–H and O–H groups in total. The molecule has 1 fully saturated rings. The average Bonchev–Trinajstić information content (AvgIpc) is 2.41. The van der Waals surface area contributed by atoms with E-state index in [0.29, 0.717) is 12.5 Å². The van der Waals surface area contributed by atoms with Gasteiger partial charge >= 0.3 is 0 Å². The molecule has 1 aromatic rings. The number of rotatable bonds is 3. The summed E-state index contributed by atoms with van der Waals surface area (Å²) in [6.07, 6.45) is 2.12. The van der Waals surface area contributed by atoms with Gasteiger partial charge in [0.25, 0.3) is 0 Å². The Bertz CT molecular complexity index is 508. The summed E-state index contributed by atoms with van der Waals surface area (Å²) in [5.41, 5.74) is 3.56. The number of hydrogen-bond acceptors (Lipinski definition) is 3. The number of hydrogen-bond donors (Lipinski definition) is 0. The minimum Gasteiger partial charge on any atom is -0.337 e. The van der Waals surface area contributed by atoms with Crippen LogP contribution in [-0.4, -0.2) is 46.9 Å². The van der Waals surface area contributed by atoms with E-state index in [1.54, 1.807) is 0 Å². The van der Waals surface area contributed by atoms with Gasteiger partial charge < -0.3 is 4.90 Å². The second-order valence-electron chi connectivity index (χ2n) is 6.19. The first kappa shape index (κ1) is 13.6. The zero-order valence-electron chi connectivity index (χ0n) is 12.4. The van der Waals surface area contributed by atoms with Crippen molar-refractivity contribution in [2.75, 3.05) is 26.2 Å². The number of carbonyl (C=O) groups excluding carboxylic acids is 1. The number of aromatic nitrogens is 1. The van der Waals surface area contributed by atoms with Crippen molar-refractivity contribution >= 4 is 5.91 Å². The van der Waals surface area contributed by atoms with E-state index in [9.17, 15) is 4.79 Å². The highest BCUT2D eigenvalue weighted by Crippen LogP contribution is 2.21. The topological polar surface area (TPSA) is 36.4 Å². The Morgan fingerprint density at radius 1 is 1.30 bits per heavy atom. The van der Waals surface area contributed by atoms with Crippen molar-refractivity contribution in [3.05, 3.63) is 29.1 Å². The maximum Gasteiger partial charge on any atom is 0.237 e. The standard InChI is InChI=1S/C16H23N3O/c1-12(2)14-5-4-13-10-19(9-6-15(13)17-14)16(20)11-18-7-3-8-18/h4-5,12H,3,6-11H2,1-2H3. The van der Waals surface area contributed by atoms with Crippen molar-refractivity contribution in [1.29, 1.82) is 0 Å². The van der Waals surface area contributed by atoms with Crippen molar-refractivity contribution in [3.63, 3.8) is 0 Å². The van der Waals surface area contributed by atoms with Gasteiger partial charge in [0.15, 0.2) is 0 Å². The fourth-order valence-corrected chi connectivity index (χ4v) is 2.80. The van der Waals surface area contributed by atoms with Crippen LogP contribution in [0.4, 0.5) is 0 Å². The van der Waals surface area contributed by atoms with E-state index < -0.39 is 0 Å². The summed E-state index contributed by atoms with van der Waals surface area (Å²) in [5, 5.41) is 0. The van der Waals surface area contributed by atoms with Crippen LogP contribution >= 0.6 is 0 Å². The molecule has 0 unspecified atom stereocenters. The quantitative estimate of drug-likeness (QED) is 0.842. The fraction of sp³-hybridized carbons (Fsp3) is 0.625. The average molecular weight is 273 g/mol. The van der Waals surface area contributed by atoms with Crippen LogP contribution in [-0.2, 0) is 17.8 Å². The van der Waals surface area contributed by atoms with Crippen LogP contribution in [0, 0.1) is 0 Å². The Balaban J connectivity index is 1.67. The molecule has 1 saturated heterocycles. The van der Waals surface area contributed by atoms with Gasteiger partial charge in [0, 0.05) is 30.9 Å². The van der Waals surface area contributed by atoms with Gasteiger partial charge in [0.1, 0.15) is 0 Å². The predicted octanol–water partition coefficient (Wildman–Crippen LogP) is 1.80. The molecule has 3 heterocycles. The molecule has 0 aliphatic carbocycles. The molecule has 4 nitrogen and oxygen atoms in total. The van der Waals surface area contributed by atoms with Crippen molar-refractivity contribution < 1.29 is 4.79 Å². The van der Waals surface area contributed by atoms with Crippen LogP contribution in [0.1, 0.15) is 43.1 Å². The van der Waals surface area contributed by atoms with E-state index >= 15 is 0 Å². The van der Waals surface area contributed by atoms with Crippen LogP contribution < -0.4 is 0 Å². The zero-order chi connectivity index (χ0) is 14.1. The third kappa shape index (κ3) is 2.70. The molecule has 0 aromatic carbocycles. The molecule has 4 heteroatoms. The molecule has 0 spiro atoms.